The summed E-state index contributed by atoms with van der Waals surface area (Å²) in [6.07, 6.45) is -1.03. The molecule has 0 bridgehead atoms. The number of piperidine rings is 1. The maximum Gasteiger partial charge on any atom is 0.416 e. The second-order valence-corrected chi connectivity index (χ2v) is 11.3. The zero-order chi connectivity index (χ0) is 30.1. The number of nitrogens with one attached hydrogen (secondary N) is 2. The number of anilines is 1. The first-order chi connectivity index (χ1) is 19.9. The summed E-state index contributed by atoms with van der Waals surface area (Å²) in [6.45, 7) is 6.84. The van der Waals surface area contributed by atoms with Crippen LogP contribution in [0.15, 0.2) is 60.4 Å². The summed E-state index contributed by atoms with van der Waals surface area (Å²) < 4.78 is 51.8. The highest BCUT2D eigenvalue weighted by Crippen LogP contribution is 2.32. The molecular formula is C29H34F3N7O3. The molecule has 1 amide bonds. The molecule has 1 saturated heterocycles. The number of amides is 1. The number of halogens is 3. The number of hydrogen-bond acceptors (Lipinski definition) is 8. The Morgan fingerprint density at radius 1 is 1.05 bits per heavy atom. The molecule has 5 rings (SSSR count). The van der Waals surface area contributed by atoms with Crippen LogP contribution in [0.5, 0.6) is 5.75 Å². The minimum absolute atomic E-state index is 0.0312. The van der Waals surface area contributed by atoms with Gasteiger partial charge in [0, 0.05) is 43.5 Å². The fraction of sp³-hybridized carbons (Fsp3) is 0.414. The van der Waals surface area contributed by atoms with Gasteiger partial charge in [0.05, 0.1) is 11.3 Å². The Morgan fingerprint density at radius 2 is 1.76 bits per heavy atom. The predicted octanol–water partition coefficient (Wildman–Crippen LogP) is 5.40. The van der Waals surface area contributed by atoms with E-state index in [1.54, 1.807) is 16.5 Å². The zero-order valence-electron chi connectivity index (χ0n) is 23.9. The van der Waals surface area contributed by atoms with E-state index < -0.39 is 17.3 Å². The van der Waals surface area contributed by atoms with Crippen LogP contribution in [0.25, 0.3) is 11.4 Å². The summed E-state index contributed by atoms with van der Waals surface area (Å²) in [5.41, 5.74) is 7.93. The van der Waals surface area contributed by atoms with Crippen LogP contribution in [0, 0.1) is 5.92 Å². The van der Waals surface area contributed by atoms with Crippen molar-refractivity contribution in [3.63, 3.8) is 0 Å². The highest BCUT2D eigenvalue weighted by atomic mass is 19.4. The third kappa shape index (κ3) is 6.78. The van der Waals surface area contributed by atoms with E-state index in [-0.39, 0.29) is 24.4 Å². The lowest BCUT2D eigenvalue weighted by atomic mass is 9.94. The minimum atomic E-state index is -4.44. The van der Waals surface area contributed by atoms with Crippen molar-refractivity contribution < 1.29 is 27.4 Å². The molecule has 42 heavy (non-hydrogen) atoms. The molecule has 0 radical (unpaired) electrons. The van der Waals surface area contributed by atoms with E-state index >= 15 is 0 Å². The van der Waals surface area contributed by atoms with Gasteiger partial charge >= 0.3 is 12.3 Å². The smallest absolute Gasteiger partial charge is 0.416 e. The van der Waals surface area contributed by atoms with Gasteiger partial charge in [-0.2, -0.15) is 13.2 Å². The first-order valence-electron chi connectivity index (χ1n) is 13.7. The van der Waals surface area contributed by atoms with Crippen molar-refractivity contribution in [2.75, 3.05) is 18.1 Å². The van der Waals surface area contributed by atoms with Gasteiger partial charge in [-0.05, 0) is 76.1 Å². The van der Waals surface area contributed by atoms with Gasteiger partial charge in [-0.25, -0.2) is 4.79 Å². The van der Waals surface area contributed by atoms with E-state index in [1.165, 1.54) is 12.1 Å². The summed E-state index contributed by atoms with van der Waals surface area (Å²) >= 11 is 0. The monoisotopic (exact) mass is 585 g/mol. The number of allylic oxidation sites excluding steroid dienone is 1. The van der Waals surface area contributed by atoms with Crippen molar-refractivity contribution >= 4 is 11.8 Å². The number of likely N-dealkylation sites (tertiary alicyclic amines) is 1. The van der Waals surface area contributed by atoms with Crippen molar-refractivity contribution in [3.8, 4) is 17.1 Å². The Labute approximate surface area is 242 Å². The largest absolute Gasteiger partial charge is 0.486 e. The van der Waals surface area contributed by atoms with Crippen LogP contribution in [-0.2, 0) is 24.6 Å². The Bertz CT molecular complexity index is 1440. The molecule has 0 aliphatic carbocycles. The van der Waals surface area contributed by atoms with Crippen molar-refractivity contribution in [2.45, 2.75) is 52.0 Å². The van der Waals surface area contributed by atoms with Crippen LogP contribution < -0.4 is 20.7 Å². The third-order valence-corrected chi connectivity index (χ3v) is 7.07. The number of alkyl halides is 3. The normalized spacial score (nSPS) is 16.3. The van der Waals surface area contributed by atoms with Gasteiger partial charge in [0.15, 0.2) is 11.6 Å². The maximum absolute atomic E-state index is 13.0. The Kier molecular flexibility index (Phi) is 8.04. The van der Waals surface area contributed by atoms with Gasteiger partial charge in [-0.3, -0.25) is 5.01 Å². The number of carbonyl (C=O) groups is 1. The summed E-state index contributed by atoms with van der Waals surface area (Å²) in [5, 5.41) is 10.3. The standard InChI is InChI=1S/C29H34F3N7O3/c1-28(2,3)42-27(40)38-14-12-19(13-15-38)24-17-39(36-33-24)22-10-8-20(9-11-22)26-35-34-25(37(26)4)18-41-23-7-5-6-21(16-23)29(30,31)32/h5-11,16-17,19,33,36H,12-15,18H2,1-4H3. The fourth-order valence-corrected chi connectivity index (χ4v) is 4.79. The minimum Gasteiger partial charge on any atom is -0.486 e. The second-order valence-electron chi connectivity index (χ2n) is 11.3. The maximum atomic E-state index is 13.0. The molecule has 1 fully saturated rings. The lowest BCUT2D eigenvalue weighted by Crippen LogP contribution is -2.43. The van der Waals surface area contributed by atoms with Crippen LogP contribution in [0.3, 0.4) is 0 Å². The van der Waals surface area contributed by atoms with Gasteiger partial charge in [-0.1, -0.05) is 6.07 Å². The van der Waals surface area contributed by atoms with Crippen LogP contribution in [0.4, 0.5) is 23.7 Å². The molecule has 2 aliphatic heterocycles. The van der Waals surface area contributed by atoms with Crippen molar-refractivity contribution in [2.24, 2.45) is 13.0 Å². The average Bonchev–Trinajstić information content (AvgIpc) is 3.58. The number of nitrogens with zero attached hydrogens (tertiary/aromatic N) is 5. The quantitative estimate of drug-likeness (QED) is 0.397. The summed E-state index contributed by atoms with van der Waals surface area (Å²) in [6, 6.07) is 12.5. The van der Waals surface area contributed by atoms with Crippen molar-refractivity contribution in [1.29, 1.82) is 0 Å². The van der Waals surface area contributed by atoms with Crippen molar-refractivity contribution in [1.82, 2.24) is 30.6 Å². The van der Waals surface area contributed by atoms with E-state index in [1.807, 2.05) is 56.2 Å². The number of aromatic nitrogens is 3. The summed E-state index contributed by atoms with van der Waals surface area (Å²) in [7, 11) is 1.78. The lowest BCUT2D eigenvalue weighted by molar-refractivity contribution is -0.137. The molecule has 2 aromatic carbocycles. The first kappa shape index (κ1) is 29.2. The molecule has 0 unspecified atom stereocenters. The SMILES string of the molecule is Cn1c(COc2cccc(C(F)(F)F)c2)nnc1-c1ccc(N2C=C(C3CCN(C(=O)OC(C)(C)C)CC3)NN2)cc1. The van der Waals surface area contributed by atoms with Gasteiger partial charge in [-0.15, -0.1) is 15.7 Å². The van der Waals surface area contributed by atoms with Crippen LogP contribution in [-0.4, -0.2) is 44.4 Å². The van der Waals surface area contributed by atoms with Crippen LogP contribution in [0.1, 0.15) is 45.0 Å². The van der Waals surface area contributed by atoms with E-state index in [4.69, 9.17) is 9.47 Å². The van der Waals surface area contributed by atoms with E-state index in [0.29, 0.717) is 24.7 Å². The predicted molar refractivity (Wildman–Crippen MR) is 150 cm³/mol. The Hall–Kier alpha value is -4.26. The summed E-state index contributed by atoms with van der Waals surface area (Å²) in [4.78, 5) is 14.1. The van der Waals surface area contributed by atoms with E-state index in [2.05, 4.69) is 21.2 Å². The van der Waals surface area contributed by atoms with E-state index in [0.717, 1.165) is 41.9 Å². The summed E-state index contributed by atoms with van der Waals surface area (Å²) in [5.74, 6) is 1.47. The Morgan fingerprint density at radius 3 is 2.43 bits per heavy atom. The highest BCUT2D eigenvalue weighted by molar-refractivity contribution is 5.68. The molecule has 2 aliphatic rings. The van der Waals surface area contributed by atoms with E-state index in [9.17, 15) is 18.0 Å². The van der Waals surface area contributed by atoms with Gasteiger partial charge in [0.1, 0.15) is 18.0 Å². The number of ether oxygens (including phenoxy) is 2. The lowest BCUT2D eigenvalue weighted by Gasteiger charge is -2.33. The molecule has 3 aromatic rings. The van der Waals surface area contributed by atoms with Gasteiger partial charge in [0.25, 0.3) is 0 Å². The molecule has 3 heterocycles. The average molecular weight is 586 g/mol. The number of carbonyl (C=O) groups excluding carboxylic acids is 1. The molecule has 10 nitrogen and oxygen atoms in total. The Balaban J connectivity index is 1.17. The topological polar surface area (TPSA) is 96.8 Å². The number of hydrazine groups is 2. The first-order valence-corrected chi connectivity index (χ1v) is 13.7. The molecule has 1 aromatic heterocycles. The highest BCUT2D eigenvalue weighted by Gasteiger charge is 2.31. The molecule has 0 spiro atoms. The zero-order valence-corrected chi connectivity index (χ0v) is 23.9. The molecular weight excluding hydrogens is 551 g/mol. The van der Waals surface area contributed by atoms with Gasteiger partial charge in [0.2, 0.25) is 0 Å². The van der Waals surface area contributed by atoms with Crippen molar-refractivity contribution in [3.05, 3.63) is 71.8 Å². The van der Waals surface area contributed by atoms with Crippen LogP contribution >= 0.6 is 0 Å². The molecule has 224 valence electrons. The number of hydrogen-bond donors (Lipinski definition) is 2. The van der Waals surface area contributed by atoms with Crippen LogP contribution in [0.2, 0.25) is 0 Å². The van der Waals surface area contributed by atoms with Gasteiger partial charge < -0.3 is 24.4 Å². The molecule has 13 heteroatoms. The molecule has 0 atom stereocenters. The number of benzene rings is 2. The molecule has 0 saturated carbocycles. The second kappa shape index (κ2) is 11.6. The molecule has 2 N–H and O–H groups in total. The number of rotatable bonds is 6. The third-order valence-electron chi connectivity index (χ3n) is 7.07. The fourth-order valence-electron chi connectivity index (χ4n) is 4.79.